The second-order valence-corrected chi connectivity index (χ2v) is 6.31. The van der Waals surface area contributed by atoms with E-state index < -0.39 is 23.8 Å². The van der Waals surface area contributed by atoms with Gasteiger partial charge in [0.25, 0.3) is 11.8 Å². The number of ether oxygens (including phenoxy) is 1. The molecule has 0 aromatic heterocycles. The monoisotopic (exact) mass is 368 g/mol. The molecular weight excluding hydrogens is 348 g/mol. The molecule has 7 nitrogen and oxygen atoms in total. The van der Waals surface area contributed by atoms with E-state index in [-0.39, 0.29) is 13.1 Å². The molecule has 0 radical (unpaired) electrons. The van der Waals surface area contributed by atoms with Crippen LogP contribution in [0.25, 0.3) is 0 Å². The van der Waals surface area contributed by atoms with Gasteiger partial charge in [-0.2, -0.15) is 0 Å². The molecule has 0 bridgehead atoms. The van der Waals surface area contributed by atoms with Crippen LogP contribution in [0.1, 0.15) is 32.4 Å². The Morgan fingerprint density at radius 1 is 1.11 bits per heavy atom. The van der Waals surface area contributed by atoms with Gasteiger partial charge in [-0.1, -0.05) is 24.3 Å². The molecule has 1 aliphatic rings. The lowest BCUT2D eigenvalue weighted by atomic mass is 10.1. The minimum atomic E-state index is -0.920. The summed E-state index contributed by atoms with van der Waals surface area (Å²) in [7, 11) is 3.05. The molecule has 1 aliphatic heterocycles. The Balaban J connectivity index is 1.64. The van der Waals surface area contributed by atoms with Gasteiger partial charge in [0.05, 0.1) is 30.9 Å². The number of methoxy groups -OCH3 is 1. The van der Waals surface area contributed by atoms with E-state index in [1.807, 2.05) is 0 Å². The SMILES string of the molecule is COc1cccc(C(O)CN(C)C(=O)CN2C(=O)c3ccccc3C2=O)c1. The van der Waals surface area contributed by atoms with Gasteiger partial charge in [0.1, 0.15) is 12.3 Å². The number of carbonyl (C=O) groups excluding carboxylic acids is 3. The first kappa shape index (κ1) is 18.6. The van der Waals surface area contributed by atoms with Crippen LogP contribution in [0.2, 0.25) is 0 Å². The molecule has 2 aromatic rings. The van der Waals surface area contributed by atoms with E-state index in [1.54, 1.807) is 48.5 Å². The van der Waals surface area contributed by atoms with E-state index in [0.29, 0.717) is 22.4 Å². The van der Waals surface area contributed by atoms with Gasteiger partial charge >= 0.3 is 0 Å². The standard InChI is InChI=1S/C20H20N2O5/c1-21(11-17(23)13-6-5-7-14(10-13)27-2)18(24)12-22-19(25)15-8-3-4-9-16(15)20(22)26/h3-10,17,23H,11-12H2,1-2H3. The van der Waals surface area contributed by atoms with E-state index >= 15 is 0 Å². The Hall–Kier alpha value is -3.19. The van der Waals surface area contributed by atoms with E-state index in [1.165, 1.54) is 19.1 Å². The van der Waals surface area contributed by atoms with Crippen LogP contribution in [-0.4, -0.2) is 59.9 Å². The first-order valence-corrected chi connectivity index (χ1v) is 8.43. The fourth-order valence-electron chi connectivity index (χ4n) is 2.95. The van der Waals surface area contributed by atoms with Crippen LogP contribution in [0.15, 0.2) is 48.5 Å². The number of rotatable bonds is 6. The van der Waals surface area contributed by atoms with Crippen molar-refractivity contribution in [1.82, 2.24) is 9.80 Å². The summed E-state index contributed by atoms with van der Waals surface area (Å²) < 4.78 is 5.13. The Kier molecular flexibility index (Phi) is 5.23. The first-order valence-electron chi connectivity index (χ1n) is 8.43. The molecule has 27 heavy (non-hydrogen) atoms. The van der Waals surface area contributed by atoms with E-state index in [2.05, 4.69) is 0 Å². The summed E-state index contributed by atoms with van der Waals surface area (Å²) in [6.07, 6.45) is -0.920. The number of carbonyl (C=O) groups is 3. The zero-order valence-corrected chi connectivity index (χ0v) is 15.1. The number of hydrogen-bond donors (Lipinski definition) is 1. The Labute approximate surface area is 156 Å². The van der Waals surface area contributed by atoms with Gasteiger partial charge in [-0.05, 0) is 29.8 Å². The Morgan fingerprint density at radius 2 is 1.74 bits per heavy atom. The summed E-state index contributed by atoms with van der Waals surface area (Å²) in [6, 6.07) is 13.4. The van der Waals surface area contributed by atoms with E-state index in [9.17, 15) is 19.5 Å². The molecule has 1 atom stereocenters. The number of aliphatic hydroxyl groups excluding tert-OH is 1. The van der Waals surface area contributed by atoms with Crippen molar-refractivity contribution in [2.24, 2.45) is 0 Å². The Bertz CT molecular complexity index is 860. The molecule has 0 aliphatic carbocycles. The lowest BCUT2D eigenvalue weighted by molar-refractivity contribution is -0.131. The summed E-state index contributed by atoms with van der Waals surface area (Å²) in [5, 5.41) is 10.4. The fraction of sp³-hybridized carbons (Fsp3) is 0.250. The predicted molar refractivity (Wildman–Crippen MR) is 97.4 cm³/mol. The maximum atomic E-state index is 12.5. The smallest absolute Gasteiger partial charge is 0.262 e. The molecule has 3 amide bonds. The average molecular weight is 368 g/mol. The highest BCUT2D eigenvalue weighted by atomic mass is 16.5. The highest BCUT2D eigenvalue weighted by Crippen LogP contribution is 2.23. The van der Waals surface area contributed by atoms with Crippen LogP contribution < -0.4 is 4.74 Å². The lowest BCUT2D eigenvalue weighted by Gasteiger charge is -2.23. The number of nitrogens with zero attached hydrogens (tertiary/aromatic N) is 2. The second-order valence-electron chi connectivity index (χ2n) is 6.31. The topological polar surface area (TPSA) is 87.2 Å². The van der Waals surface area contributed by atoms with Gasteiger partial charge in [-0.15, -0.1) is 0 Å². The quantitative estimate of drug-likeness (QED) is 0.781. The number of imide groups is 1. The van der Waals surface area contributed by atoms with E-state index in [4.69, 9.17) is 4.74 Å². The van der Waals surface area contributed by atoms with Crippen LogP contribution in [0.3, 0.4) is 0 Å². The highest BCUT2D eigenvalue weighted by molar-refractivity contribution is 6.22. The number of fused-ring (bicyclic) bond motifs is 1. The van der Waals surface area contributed by atoms with Crippen LogP contribution >= 0.6 is 0 Å². The third-order valence-corrected chi connectivity index (χ3v) is 4.52. The minimum absolute atomic E-state index is 0.0230. The van der Waals surface area contributed by atoms with Gasteiger partial charge in [0.15, 0.2) is 0 Å². The zero-order chi connectivity index (χ0) is 19.6. The highest BCUT2D eigenvalue weighted by Gasteiger charge is 2.36. The predicted octanol–water partition coefficient (Wildman–Crippen LogP) is 1.48. The van der Waals surface area contributed by atoms with Gasteiger partial charge in [0, 0.05) is 7.05 Å². The molecular formula is C20H20N2O5. The molecule has 0 saturated heterocycles. The molecule has 1 unspecified atom stereocenters. The van der Waals surface area contributed by atoms with Crippen LogP contribution in [0.5, 0.6) is 5.75 Å². The van der Waals surface area contributed by atoms with Gasteiger partial charge < -0.3 is 14.7 Å². The lowest BCUT2D eigenvalue weighted by Crippen LogP contribution is -2.42. The van der Waals surface area contributed by atoms with Crippen LogP contribution in [0.4, 0.5) is 0 Å². The third-order valence-electron chi connectivity index (χ3n) is 4.52. The zero-order valence-electron chi connectivity index (χ0n) is 15.1. The molecule has 1 heterocycles. The van der Waals surface area contributed by atoms with Gasteiger partial charge in [-0.25, -0.2) is 0 Å². The molecule has 2 aromatic carbocycles. The van der Waals surface area contributed by atoms with Crippen LogP contribution in [0, 0.1) is 0 Å². The van der Waals surface area contributed by atoms with Crippen molar-refractivity contribution in [1.29, 1.82) is 0 Å². The van der Waals surface area contributed by atoms with Crippen molar-refractivity contribution in [2.45, 2.75) is 6.10 Å². The molecule has 0 saturated carbocycles. The number of aliphatic hydroxyl groups is 1. The van der Waals surface area contributed by atoms with E-state index in [0.717, 1.165) is 4.90 Å². The largest absolute Gasteiger partial charge is 0.497 e. The minimum Gasteiger partial charge on any atom is -0.497 e. The first-order chi connectivity index (χ1) is 12.9. The molecule has 0 fully saturated rings. The van der Waals surface area contributed by atoms with Crippen molar-refractivity contribution < 1.29 is 24.2 Å². The van der Waals surface area contributed by atoms with Gasteiger partial charge in [0.2, 0.25) is 5.91 Å². The van der Waals surface area contributed by atoms with Crippen molar-refractivity contribution in [3.05, 3.63) is 65.2 Å². The van der Waals surface area contributed by atoms with Crippen molar-refractivity contribution in [2.75, 3.05) is 27.2 Å². The maximum Gasteiger partial charge on any atom is 0.262 e. The van der Waals surface area contributed by atoms with Crippen molar-refractivity contribution in [3.8, 4) is 5.75 Å². The molecule has 3 rings (SSSR count). The normalized spacial score (nSPS) is 14.1. The maximum absolute atomic E-state index is 12.5. The number of amides is 3. The summed E-state index contributed by atoms with van der Waals surface area (Å²) in [5.74, 6) is -0.797. The molecule has 140 valence electrons. The van der Waals surface area contributed by atoms with Crippen molar-refractivity contribution >= 4 is 17.7 Å². The molecule has 0 spiro atoms. The number of likely N-dealkylation sites (N-methyl/N-ethyl adjacent to an activating group) is 1. The Morgan fingerprint density at radius 3 is 2.33 bits per heavy atom. The summed E-state index contributed by atoms with van der Waals surface area (Å²) in [5.41, 5.74) is 1.21. The second kappa shape index (κ2) is 7.59. The summed E-state index contributed by atoms with van der Waals surface area (Å²) in [4.78, 5) is 39.4. The number of hydrogen-bond acceptors (Lipinski definition) is 5. The average Bonchev–Trinajstić information content (AvgIpc) is 2.93. The number of benzene rings is 2. The molecule has 1 N–H and O–H groups in total. The van der Waals surface area contributed by atoms with Crippen molar-refractivity contribution in [3.63, 3.8) is 0 Å². The summed E-state index contributed by atoms with van der Waals surface area (Å²) in [6.45, 7) is -0.344. The van der Waals surface area contributed by atoms with Gasteiger partial charge in [-0.3, -0.25) is 19.3 Å². The summed E-state index contributed by atoms with van der Waals surface area (Å²) >= 11 is 0. The third kappa shape index (κ3) is 3.68. The fourth-order valence-corrected chi connectivity index (χ4v) is 2.95. The van der Waals surface area contributed by atoms with Crippen LogP contribution in [-0.2, 0) is 4.79 Å². The molecule has 7 heteroatoms.